The van der Waals surface area contributed by atoms with E-state index in [1.54, 1.807) is 24.3 Å². The highest BCUT2D eigenvalue weighted by molar-refractivity contribution is 7.89. The first-order valence-electron chi connectivity index (χ1n) is 10.2. The van der Waals surface area contributed by atoms with Gasteiger partial charge >= 0.3 is 0 Å². The van der Waals surface area contributed by atoms with Crippen LogP contribution in [0, 0.1) is 0 Å². The lowest BCUT2D eigenvalue weighted by Crippen LogP contribution is -2.41. The van der Waals surface area contributed by atoms with Crippen LogP contribution in [0.1, 0.15) is 22.9 Å². The molecule has 0 saturated heterocycles. The fraction of sp³-hybridized carbons (Fsp3) is 0.300. The number of fused-ring (bicyclic) bond motifs is 2. The molecule has 0 fully saturated rings. The van der Waals surface area contributed by atoms with Crippen molar-refractivity contribution in [1.82, 2.24) is 29.2 Å². The summed E-state index contributed by atoms with van der Waals surface area (Å²) in [4.78, 5) is 26.5. The zero-order valence-electron chi connectivity index (χ0n) is 17.5. The van der Waals surface area contributed by atoms with Crippen LogP contribution in [0.3, 0.4) is 0 Å². The maximum atomic E-state index is 13.3. The topological polar surface area (TPSA) is 128 Å². The van der Waals surface area contributed by atoms with E-state index in [4.69, 9.17) is 4.74 Å². The lowest BCUT2D eigenvalue weighted by molar-refractivity contribution is -0.137. The summed E-state index contributed by atoms with van der Waals surface area (Å²) in [6.45, 7) is -0.812. The number of alkyl halides is 2. The number of aromatic nitrogens is 4. The highest BCUT2D eigenvalue weighted by Gasteiger charge is 2.36. The Bertz CT molecular complexity index is 1360. The largest absolute Gasteiger partial charge is 0.483 e. The minimum absolute atomic E-state index is 0.0384. The molecule has 0 bridgehead atoms. The fourth-order valence-electron chi connectivity index (χ4n) is 3.88. The highest BCUT2D eigenvalue weighted by atomic mass is 32.2. The summed E-state index contributed by atoms with van der Waals surface area (Å²) in [6, 6.07) is 5.89. The average Bonchev–Trinajstić information content (AvgIpc) is 3.48. The highest BCUT2D eigenvalue weighted by Crippen LogP contribution is 2.31. The molecule has 11 nitrogen and oxygen atoms in total. The van der Waals surface area contributed by atoms with Crippen LogP contribution in [0.25, 0.3) is 0 Å². The van der Waals surface area contributed by atoms with Gasteiger partial charge in [-0.05, 0) is 6.07 Å². The second-order valence-electron chi connectivity index (χ2n) is 7.79. The van der Waals surface area contributed by atoms with Crippen LogP contribution in [0.15, 0.2) is 47.8 Å². The molecule has 0 saturated carbocycles. The molecule has 1 aromatic carbocycles. The maximum Gasteiger partial charge on any atom is 0.286 e. The van der Waals surface area contributed by atoms with E-state index in [2.05, 4.69) is 15.5 Å². The number of para-hydroxylation sites is 1. The Morgan fingerprint density at radius 1 is 1.24 bits per heavy atom. The number of hydrogen-bond acceptors (Lipinski definition) is 7. The minimum Gasteiger partial charge on any atom is -0.483 e. The molecule has 1 atom stereocenters. The van der Waals surface area contributed by atoms with E-state index in [1.165, 1.54) is 11.1 Å². The number of carbonyl (C=O) groups excluding carboxylic acids is 2. The molecule has 34 heavy (non-hydrogen) atoms. The third-order valence-corrected chi connectivity index (χ3v) is 6.98. The smallest absolute Gasteiger partial charge is 0.286 e. The van der Waals surface area contributed by atoms with E-state index in [1.807, 2.05) is 0 Å². The predicted octanol–water partition coefficient (Wildman–Crippen LogP) is 0.674. The molecule has 2 aromatic heterocycles. The number of carbonyl (C=O) groups is 2. The van der Waals surface area contributed by atoms with Gasteiger partial charge in [0, 0.05) is 30.1 Å². The monoisotopic (exact) mass is 492 g/mol. The summed E-state index contributed by atoms with van der Waals surface area (Å²) in [6.07, 6.45) is 0.599. The van der Waals surface area contributed by atoms with Crippen LogP contribution < -0.4 is 10.1 Å². The van der Waals surface area contributed by atoms with Crippen LogP contribution in [-0.2, 0) is 39.2 Å². The van der Waals surface area contributed by atoms with E-state index >= 15 is 0 Å². The Hall–Kier alpha value is -3.81. The van der Waals surface area contributed by atoms with E-state index in [0.29, 0.717) is 22.6 Å². The van der Waals surface area contributed by atoms with Crippen molar-refractivity contribution in [2.75, 3.05) is 6.61 Å². The molecule has 0 radical (unpaired) electrons. The summed E-state index contributed by atoms with van der Waals surface area (Å²) < 4.78 is 57.8. The maximum absolute atomic E-state index is 13.3. The van der Waals surface area contributed by atoms with Crippen LogP contribution in [0.2, 0.25) is 0 Å². The normalized spacial score (nSPS) is 17.7. The van der Waals surface area contributed by atoms with Crippen molar-refractivity contribution in [3.63, 3.8) is 0 Å². The van der Waals surface area contributed by atoms with Gasteiger partial charge in [0.05, 0.1) is 18.4 Å². The van der Waals surface area contributed by atoms with E-state index in [9.17, 15) is 26.8 Å². The second kappa shape index (κ2) is 8.20. The molecule has 2 aliphatic heterocycles. The van der Waals surface area contributed by atoms with Crippen molar-refractivity contribution in [1.29, 1.82) is 0 Å². The van der Waals surface area contributed by atoms with Crippen LogP contribution >= 0.6 is 0 Å². The van der Waals surface area contributed by atoms with E-state index in [0.717, 1.165) is 21.2 Å². The van der Waals surface area contributed by atoms with Gasteiger partial charge in [-0.25, -0.2) is 8.78 Å². The SMILES string of the molecule is O=C1COc2ccccc2C(C(=O)N2Cc3cn(S(=O)(=O)c4cnn(CC(F)F)c4)nc3C2)N1. The van der Waals surface area contributed by atoms with Gasteiger partial charge in [0.25, 0.3) is 28.3 Å². The van der Waals surface area contributed by atoms with Gasteiger partial charge in [-0.2, -0.15) is 22.7 Å². The third kappa shape index (κ3) is 3.89. The van der Waals surface area contributed by atoms with Gasteiger partial charge in [0.1, 0.15) is 23.2 Å². The summed E-state index contributed by atoms with van der Waals surface area (Å²) in [5.41, 5.74) is 1.42. The Morgan fingerprint density at radius 3 is 2.79 bits per heavy atom. The molecule has 2 aliphatic rings. The number of ether oxygens (including phenoxy) is 1. The van der Waals surface area contributed by atoms with Crippen LogP contribution in [0.5, 0.6) is 5.75 Å². The molecule has 178 valence electrons. The number of rotatable bonds is 5. The molecule has 1 unspecified atom stereocenters. The number of nitrogens with one attached hydrogen (secondary N) is 1. The Kier molecular flexibility index (Phi) is 5.31. The number of nitrogens with zero attached hydrogens (tertiary/aromatic N) is 5. The summed E-state index contributed by atoms with van der Waals surface area (Å²) in [5, 5.41) is 10.4. The summed E-state index contributed by atoms with van der Waals surface area (Å²) in [7, 11) is -4.14. The molecular weight excluding hydrogens is 474 g/mol. The standard InChI is InChI=1S/C20H18F2N6O5S/c21-17(22)10-27-8-13(5-23-27)34(31,32)28-7-12-6-26(9-15(12)25-28)20(30)19-14-3-1-2-4-16(14)33-11-18(29)24-19/h1-5,7-8,17,19H,6,9-11H2,(H,24,29). The van der Waals surface area contributed by atoms with Gasteiger partial charge in [0.2, 0.25) is 0 Å². The Labute approximate surface area is 192 Å². The third-order valence-electron chi connectivity index (χ3n) is 5.49. The predicted molar refractivity (Wildman–Crippen MR) is 110 cm³/mol. The fourth-order valence-corrected chi connectivity index (χ4v) is 5.01. The summed E-state index contributed by atoms with van der Waals surface area (Å²) in [5.74, 6) is -0.387. The minimum atomic E-state index is -4.14. The van der Waals surface area contributed by atoms with E-state index < -0.39 is 34.9 Å². The second-order valence-corrected chi connectivity index (χ2v) is 9.58. The number of benzene rings is 1. The Morgan fingerprint density at radius 2 is 2.03 bits per heavy atom. The Balaban J connectivity index is 1.35. The molecular formula is C20H18F2N6O5S. The van der Waals surface area contributed by atoms with Crippen molar-refractivity contribution in [3.8, 4) is 5.75 Å². The van der Waals surface area contributed by atoms with Crippen LogP contribution in [0.4, 0.5) is 8.78 Å². The summed E-state index contributed by atoms with van der Waals surface area (Å²) >= 11 is 0. The van der Waals surface area contributed by atoms with Crippen molar-refractivity contribution in [3.05, 3.63) is 59.7 Å². The molecule has 5 rings (SSSR count). The first-order chi connectivity index (χ1) is 16.2. The van der Waals surface area contributed by atoms with Gasteiger partial charge < -0.3 is 15.0 Å². The first-order valence-corrected chi connectivity index (χ1v) is 11.6. The molecule has 3 aromatic rings. The molecule has 2 amide bonds. The lowest BCUT2D eigenvalue weighted by Gasteiger charge is -2.23. The van der Waals surface area contributed by atoms with E-state index in [-0.39, 0.29) is 30.5 Å². The molecule has 14 heteroatoms. The first kappa shape index (κ1) is 22.0. The van der Waals surface area contributed by atoms with Crippen molar-refractivity contribution >= 4 is 21.8 Å². The zero-order chi connectivity index (χ0) is 24.0. The van der Waals surface area contributed by atoms with Crippen molar-refractivity contribution in [2.45, 2.75) is 37.0 Å². The van der Waals surface area contributed by atoms with Crippen molar-refractivity contribution in [2.24, 2.45) is 0 Å². The molecule has 0 aliphatic carbocycles. The van der Waals surface area contributed by atoms with Gasteiger partial charge in [-0.15, -0.1) is 0 Å². The van der Waals surface area contributed by atoms with Crippen LogP contribution in [-0.4, -0.2) is 57.1 Å². The quantitative estimate of drug-likeness (QED) is 0.555. The zero-order valence-corrected chi connectivity index (χ0v) is 18.3. The van der Waals surface area contributed by atoms with Crippen molar-refractivity contribution < 1.29 is 31.5 Å². The number of amides is 2. The average molecular weight is 492 g/mol. The lowest BCUT2D eigenvalue weighted by atomic mass is 10.0. The van der Waals surface area contributed by atoms with Gasteiger partial charge in [-0.3, -0.25) is 14.3 Å². The molecule has 4 heterocycles. The van der Waals surface area contributed by atoms with Gasteiger partial charge in [0.15, 0.2) is 6.61 Å². The molecule has 0 spiro atoms. The molecule has 1 N–H and O–H groups in total. The number of halogens is 2. The number of hydrogen-bond donors (Lipinski definition) is 1. The van der Waals surface area contributed by atoms with Gasteiger partial charge in [-0.1, -0.05) is 18.2 Å².